The highest BCUT2D eigenvalue weighted by atomic mass is 79.9. The van der Waals surface area contributed by atoms with E-state index < -0.39 is 15.9 Å². The van der Waals surface area contributed by atoms with E-state index in [0.717, 1.165) is 16.5 Å². The van der Waals surface area contributed by atoms with E-state index in [1.165, 1.54) is 0 Å². The van der Waals surface area contributed by atoms with Gasteiger partial charge in [0.25, 0.3) is 0 Å². The minimum atomic E-state index is -3.48. The van der Waals surface area contributed by atoms with Crippen molar-refractivity contribution >= 4 is 43.3 Å². The normalized spacial score (nSPS) is 20.4. The van der Waals surface area contributed by atoms with Crippen LogP contribution in [0.4, 0.5) is 10.5 Å². The van der Waals surface area contributed by atoms with Gasteiger partial charge in [-0.2, -0.15) is 0 Å². The lowest BCUT2D eigenvalue weighted by atomic mass is 10.1. The SMILES string of the molecule is O=C(OCc1ccccc1)N1CCC[C@H]1C1=Nc2cc(Br)ccc2S(=O)(=O)C1. The number of rotatable bonds is 3. The predicted octanol–water partition coefficient (Wildman–Crippen LogP) is 4.11. The number of sulfone groups is 1. The number of carbonyl (C=O) groups excluding carboxylic acids is 1. The first-order valence-corrected chi connectivity index (χ1v) is 11.5. The van der Waals surface area contributed by atoms with Crippen molar-refractivity contribution in [1.82, 2.24) is 4.90 Å². The fourth-order valence-corrected chi connectivity index (χ4v) is 5.45. The molecular formula is C20H19BrN2O4S. The molecule has 4 rings (SSSR count). The van der Waals surface area contributed by atoms with Crippen LogP contribution in [-0.2, 0) is 21.2 Å². The Kier molecular flexibility index (Phi) is 5.25. The number of hydrogen-bond donors (Lipinski definition) is 0. The highest BCUT2D eigenvalue weighted by Crippen LogP contribution is 2.34. The maximum atomic E-state index is 12.7. The Labute approximate surface area is 172 Å². The van der Waals surface area contributed by atoms with Crippen LogP contribution in [0.3, 0.4) is 0 Å². The number of fused-ring (bicyclic) bond motifs is 1. The second-order valence-electron chi connectivity index (χ2n) is 6.87. The zero-order valence-corrected chi connectivity index (χ0v) is 17.4. The van der Waals surface area contributed by atoms with Gasteiger partial charge < -0.3 is 4.74 Å². The summed E-state index contributed by atoms with van der Waals surface area (Å²) in [5.41, 5.74) is 1.82. The van der Waals surface area contributed by atoms with E-state index in [4.69, 9.17) is 4.74 Å². The van der Waals surface area contributed by atoms with Gasteiger partial charge in [0, 0.05) is 11.0 Å². The maximum Gasteiger partial charge on any atom is 0.410 e. The Hall–Kier alpha value is -2.19. The number of carbonyl (C=O) groups is 1. The van der Waals surface area contributed by atoms with Gasteiger partial charge in [0.1, 0.15) is 6.61 Å². The van der Waals surface area contributed by atoms with Gasteiger partial charge in [-0.3, -0.25) is 9.89 Å². The molecule has 8 heteroatoms. The van der Waals surface area contributed by atoms with E-state index in [1.807, 2.05) is 30.3 Å². The van der Waals surface area contributed by atoms with E-state index in [2.05, 4.69) is 20.9 Å². The number of amides is 1. The quantitative estimate of drug-likeness (QED) is 0.687. The number of hydrogen-bond acceptors (Lipinski definition) is 5. The molecule has 2 aliphatic rings. The minimum absolute atomic E-state index is 0.172. The molecule has 0 bridgehead atoms. The average molecular weight is 463 g/mol. The van der Waals surface area contributed by atoms with Gasteiger partial charge in [-0.15, -0.1) is 0 Å². The fourth-order valence-electron chi connectivity index (χ4n) is 3.60. The largest absolute Gasteiger partial charge is 0.445 e. The van der Waals surface area contributed by atoms with Gasteiger partial charge in [-0.1, -0.05) is 46.3 Å². The molecule has 0 N–H and O–H groups in total. The Morgan fingerprint density at radius 3 is 2.79 bits per heavy atom. The van der Waals surface area contributed by atoms with Crippen molar-refractivity contribution in [2.24, 2.45) is 4.99 Å². The molecule has 0 saturated carbocycles. The molecule has 0 radical (unpaired) electrons. The first-order valence-electron chi connectivity index (χ1n) is 9.01. The molecule has 2 aliphatic heterocycles. The molecule has 0 aromatic heterocycles. The van der Waals surface area contributed by atoms with Crippen LogP contribution in [0.15, 0.2) is 62.9 Å². The lowest BCUT2D eigenvalue weighted by Gasteiger charge is -2.27. The van der Waals surface area contributed by atoms with Crippen molar-refractivity contribution in [3.05, 3.63) is 58.6 Å². The van der Waals surface area contributed by atoms with E-state index in [0.29, 0.717) is 24.4 Å². The Morgan fingerprint density at radius 1 is 1.21 bits per heavy atom. The number of aliphatic imine (C=N–C) groups is 1. The molecule has 0 spiro atoms. The van der Waals surface area contributed by atoms with Crippen molar-refractivity contribution in [2.75, 3.05) is 12.3 Å². The summed E-state index contributed by atoms with van der Waals surface area (Å²) in [4.78, 5) is 19.0. The first kappa shape index (κ1) is 19.1. The van der Waals surface area contributed by atoms with Crippen LogP contribution in [0.2, 0.25) is 0 Å². The Morgan fingerprint density at radius 2 is 2.00 bits per heavy atom. The molecule has 1 fully saturated rings. The summed E-state index contributed by atoms with van der Waals surface area (Å²) in [5, 5.41) is 0. The number of nitrogens with zero attached hydrogens (tertiary/aromatic N) is 2. The molecule has 2 aromatic rings. The summed E-state index contributed by atoms with van der Waals surface area (Å²) in [7, 11) is -3.48. The fraction of sp³-hybridized carbons (Fsp3) is 0.300. The summed E-state index contributed by atoms with van der Waals surface area (Å²) in [5.74, 6) is -0.172. The van der Waals surface area contributed by atoms with Gasteiger partial charge in [0.05, 0.1) is 28.1 Å². The molecule has 0 aliphatic carbocycles. The summed E-state index contributed by atoms with van der Waals surface area (Å²) < 4.78 is 31.6. The van der Waals surface area contributed by atoms with E-state index in [-0.39, 0.29) is 23.3 Å². The van der Waals surface area contributed by atoms with E-state index in [1.54, 1.807) is 23.1 Å². The number of halogens is 1. The molecular weight excluding hydrogens is 444 g/mol. The van der Waals surface area contributed by atoms with Gasteiger partial charge in [-0.05, 0) is 36.6 Å². The number of ether oxygens (including phenoxy) is 1. The number of likely N-dealkylation sites (tertiary alicyclic amines) is 1. The molecule has 1 atom stereocenters. The van der Waals surface area contributed by atoms with Crippen molar-refractivity contribution in [1.29, 1.82) is 0 Å². The Balaban J connectivity index is 1.55. The topological polar surface area (TPSA) is 76.0 Å². The standard InChI is InChI=1S/C20H19BrN2O4S/c21-15-8-9-19-16(11-15)22-17(13-28(19,25)26)18-7-4-10-23(18)20(24)27-12-14-5-2-1-3-6-14/h1-3,5-6,8-9,11,18H,4,7,10,12-13H2/t18-/m0/s1. The molecule has 1 saturated heterocycles. The van der Waals surface area contributed by atoms with Crippen LogP contribution >= 0.6 is 15.9 Å². The van der Waals surface area contributed by atoms with Crippen LogP contribution in [-0.4, -0.2) is 43.5 Å². The van der Waals surface area contributed by atoms with Crippen molar-refractivity contribution in [2.45, 2.75) is 30.4 Å². The second kappa shape index (κ2) is 7.67. The van der Waals surface area contributed by atoms with Gasteiger partial charge >= 0.3 is 6.09 Å². The van der Waals surface area contributed by atoms with Crippen LogP contribution in [0.1, 0.15) is 18.4 Å². The summed E-state index contributed by atoms with van der Waals surface area (Å²) >= 11 is 3.36. The molecule has 2 aromatic carbocycles. The van der Waals surface area contributed by atoms with Crippen molar-refractivity contribution in [3.8, 4) is 0 Å². The van der Waals surface area contributed by atoms with Crippen molar-refractivity contribution in [3.63, 3.8) is 0 Å². The third-order valence-corrected chi connectivity index (χ3v) is 7.12. The first-order chi connectivity index (χ1) is 13.4. The second-order valence-corrected chi connectivity index (χ2v) is 9.74. The lowest BCUT2D eigenvalue weighted by molar-refractivity contribution is 0.0992. The van der Waals surface area contributed by atoms with Gasteiger partial charge in [0.2, 0.25) is 0 Å². The van der Waals surface area contributed by atoms with Gasteiger partial charge in [0.15, 0.2) is 9.84 Å². The molecule has 0 unspecified atom stereocenters. The highest BCUT2D eigenvalue weighted by molar-refractivity contribution is 9.10. The van der Waals surface area contributed by atoms with E-state index >= 15 is 0 Å². The monoisotopic (exact) mass is 462 g/mol. The van der Waals surface area contributed by atoms with Crippen LogP contribution < -0.4 is 0 Å². The van der Waals surface area contributed by atoms with Gasteiger partial charge in [-0.25, -0.2) is 13.2 Å². The molecule has 28 heavy (non-hydrogen) atoms. The smallest absolute Gasteiger partial charge is 0.410 e. The minimum Gasteiger partial charge on any atom is -0.445 e. The molecule has 1 amide bonds. The summed E-state index contributed by atoms with van der Waals surface area (Å²) in [6.07, 6.45) is 1.03. The van der Waals surface area contributed by atoms with Crippen LogP contribution in [0.5, 0.6) is 0 Å². The third kappa shape index (κ3) is 3.84. The Bertz CT molecular complexity index is 1040. The molecule has 6 nitrogen and oxygen atoms in total. The highest BCUT2D eigenvalue weighted by Gasteiger charge is 2.38. The van der Waals surface area contributed by atoms with Crippen LogP contribution in [0, 0.1) is 0 Å². The van der Waals surface area contributed by atoms with Crippen molar-refractivity contribution < 1.29 is 17.9 Å². The molecule has 146 valence electrons. The van der Waals surface area contributed by atoms with E-state index in [9.17, 15) is 13.2 Å². The summed E-state index contributed by atoms with van der Waals surface area (Å²) in [6, 6.07) is 14.1. The molecule has 2 heterocycles. The zero-order chi connectivity index (χ0) is 19.7. The third-order valence-electron chi connectivity index (χ3n) is 4.94. The average Bonchev–Trinajstić information content (AvgIpc) is 3.16. The number of benzene rings is 2. The zero-order valence-electron chi connectivity index (χ0n) is 15.0. The summed E-state index contributed by atoms with van der Waals surface area (Å²) in [6.45, 7) is 0.714. The lowest BCUT2D eigenvalue weighted by Crippen LogP contribution is -2.43. The maximum absolute atomic E-state index is 12.7. The predicted molar refractivity (Wildman–Crippen MR) is 110 cm³/mol. The van der Waals surface area contributed by atoms with Crippen LogP contribution in [0.25, 0.3) is 0 Å².